The van der Waals surface area contributed by atoms with Crippen molar-refractivity contribution in [2.45, 2.75) is 54.7 Å². The molecule has 3 aromatic rings. The second kappa shape index (κ2) is 6.86. The van der Waals surface area contributed by atoms with Gasteiger partial charge < -0.3 is 4.42 Å². The molecular formula is C21H21BrO3S. The van der Waals surface area contributed by atoms with Gasteiger partial charge in [0, 0.05) is 9.86 Å². The van der Waals surface area contributed by atoms with Crippen LogP contribution in [0, 0.1) is 6.92 Å². The van der Waals surface area contributed by atoms with Crippen LogP contribution in [0.4, 0.5) is 0 Å². The number of halogens is 1. The molecule has 1 fully saturated rings. The fourth-order valence-corrected chi connectivity index (χ4v) is 6.61. The summed E-state index contributed by atoms with van der Waals surface area (Å²) in [5.41, 5.74) is 1.86. The van der Waals surface area contributed by atoms with Crippen LogP contribution in [-0.4, -0.2) is 8.42 Å². The Kier molecular flexibility index (Phi) is 4.70. The highest BCUT2D eigenvalue weighted by atomic mass is 79.9. The molecule has 3 nitrogen and oxygen atoms in total. The summed E-state index contributed by atoms with van der Waals surface area (Å²) in [6, 6.07) is 13.0. The maximum absolute atomic E-state index is 13.3. The number of benzene rings is 2. The van der Waals surface area contributed by atoms with Crippen LogP contribution in [0.15, 0.2) is 61.1 Å². The molecule has 0 aliphatic heterocycles. The Morgan fingerprint density at radius 2 is 1.77 bits per heavy atom. The first-order chi connectivity index (χ1) is 12.5. The molecule has 0 saturated heterocycles. The lowest BCUT2D eigenvalue weighted by atomic mass is 9.84. The zero-order chi connectivity index (χ0) is 18.3. The first-order valence-electron chi connectivity index (χ1n) is 9.01. The van der Waals surface area contributed by atoms with Crippen molar-refractivity contribution >= 4 is 36.7 Å². The van der Waals surface area contributed by atoms with E-state index in [0.29, 0.717) is 27.1 Å². The second-order valence-corrected chi connectivity index (χ2v) is 9.72. The van der Waals surface area contributed by atoms with Gasteiger partial charge in [-0.1, -0.05) is 37.5 Å². The molecule has 1 aliphatic rings. The van der Waals surface area contributed by atoms with E-state index in [1.807, 2.05) is 18.2 Å². The van der Waals surface area contributed by atoms with Crippen LogP contribution in [-0.2, 0) is 9.84 Å². The van der Waals surface area contributed by atoms with Crippen molar-refractivity contribution in [2.24, 2.45) is 0 Å². The van der Waals surface area contributed by atoms with Crippen molar-refractivity contribution in [1.29, 1.82) is 0 Å². The van der Waals surface area contributed by atoms with Crippen molar-refractivity contribution in [3.8, 4) is 0 Å². The first kappa shape index (κ1) is 17.8. The summed E-state index contributed by atoms with van der Waals surface area (Å²) in [6.07, 6.45) is 6.14. The molecule has 1 aliphatic carbocycles. The van der Waals surface area contributed by atoms with Crippen LogP contribution in [0.25, 0.3) is 11.0 Å². The fraction of sp³-hybridized carbons (Fsp3) is 0.333. The third-order valence-electron chi connectivity index (χ3n) is 5.30. The van der Waals surface area contributed by atoms with E-state index in [1.54, 1.807) is 25.1 Å². The molecule has 26 heavy (non-hydrogen) atoms. The van der Waals surface area contributed by atoms with Gasteiger partial charge >= 0.3 is 0 Å². The van der Waals surface area contributed by atoms with E-state index in [2.05, 4.69) is 22.0 Å². The Morgan fingerprint density at radius 3 is 2.50 bits per heavy atom. The van der Waals surface area contributed by atoms with Gasteiger partial charge in [-0.15, -0.1) is 0 Å². The summed E-state index contributed by atoms with van der Waals surface area (Å²) in [7, 11) is -3.67. The Bertz CT molecular complexity index is 1060. The van der Waals surface area contributed by atoms with Gasteiger partial charge in [0.2, 0.25) is 9.84 Å². The lowest BCUT2D eigenvalue weighted by Gasteiger charge is -2.22. The van der Waals surface area contributed by atoms with Crippen LogP contribution < -0.4 is 0 Å². The number of hydrogen-bond acceptors (Lipinski definition) is 3. The summed E-state index contributed by atoms with van der Waals surface area (Å²) < 4.78 is 33.1. The largest absolute Gasteiger partial charge is 0.460 e. The average molecular weight is 433 g/mol. The molecule has 0 atom stereocenters. The first-order valence-corrected chi connectivity index (χ1v) is 11.3. The van der Waals surface area contributed by atoms with Gasteiger partial charge in [0.15, 0.2) is 0 Å². The number of furan rings is 1. The Labute approximate surface area is 162 Å². The van der Waals surface area contributed by atoms with Gasteiger partial charge in [-0.2, -0.15) is 0 Å². The van der Waals surface area contributed by atoms with Gasteiger partial charge in [-0.05, 0) is 71.4 Å². The summed E-state index contributed by atoms with van der Waals surface area (Å²) >= 11 is 3.37. The lowest BCUT2D eigenvalue weighted by Crippen LogP contribution is -2.05. The highest BCUT2D eigenvalue weighted by molar-refractivity contribution is 9.10. The zero-order valence-corrected chi connectivity index (χ0v) is 17.1. The minimum absolute atomic E-state index is 0.272. The molecule has 1 heterocycles. The van der Waals surface area contributed by atoms with Crippen LogP contribution in [0.1, 0.15) is 49.3 Å². The molecule has 136 valence electrons. The van der Waals surface area contributed by atoms with Crippen molar-refractivity contribution in [3.63, 3.8) is 0 Å². The summed E-state index contributed by atoms with van der Waals surface area (Å²) in [5.74, 6) is 0.957. The molecule has 0 N–H and O–H groups in total. The van der Waals surface area contributed by atoms with Gasteiger partial charge in [-0.3, -0.25) is 0 Å². The number of aryl methyl sites for hydroxylation is 1. The predicted octanol–water partition coefficient (Wildman–Crippen LogP) is 6.38. The molecule has 0 unspecified atom stereocenters. The molecule has 0 spiro atoms. The molecule has 0 radical (unpaired) electrons. The van der Waals surface area contributed by atoms with Gasteiger partial charge in [0.05, 0.1) is 4.90 Å². The van der Waals surface area contributed by atoms with E-state index < -0.39 is 9.84 Å². The summed E-state index contributed by atoms with van der Waals surface area (Å²) in [6.45, 7) is 1.73. The number of fused-ring (bicyclic) bond motifs is 1. The standard InChI is InChI=1S/C21H21BrO3S/c1-14-21(26(23,24)20-10-6-5-9-18(20)22)17-13-16(11-12-19(17)25-14)15-7-3-2-4-8-15/h5-6,9-13,15H,2-4,7-8H2,1H3. The molecule has 4 rings (SSSR count). The molecule has 1 saturated carbocycles. The fourth-order valence-electron chi connectivity index (χ4n) is 4.01. The van der Waals surface area contributed by atoms with E-state index in [-0.39, 0.29) is 9.79 Å². The topological polar surface area (TPSA) is 47.3 Å². The number of sulfone groups is 1. The summed E-state index contributed by atoms with van der Waals surface area (Å²) in [4.78, 5) is 0.561. The van der Waals surface area contributed by atoms with E-state index in [4.69, 9.17) is 4.42 Å². The predicted molar refractivity (Wildman–Crippen MR) is 106 cm³/mol. The van der Waals surface area contributed by atoms with E-state index in [1.165, 1.54) is 37.7 Å². The molecule has 0 bridgehead atoms. The highest BCUT2D eigenvalue weighted by Gasteiger charge is 2.28. The maximum Gasteiger partial charge on any atom is 0.211 e. The van der Waals surface area contributed by atoms with E-state index >= 15 is 0 Å². The minimum atomic E-state index is -3.67. The molecule has 0 amide bonds. The number of rotatable bonds is 3. The number of hydrogen-bond donors (Lipinski definition) is 0. The van der Waals surface area contributed by atoms with Crippen molar-refractivity contribution in [3.05, 3.63) is 58.3 Å². The highest BCUT2D eigenvalue weighted by Crippen LogP contribution is 2.39. The quantitative estimate of drug-likeness (QED) is 0.481. The van der Waals surface area contributed by atoms with Crippen LogP contribution in [0.2, 0.25) is 0 Å². The monoisotopic (exact) mass is 432 g/mol. The van der Waals surface area contributed by atoms with Crippen molar-refractivity contribution in [2.75, 3.05) is 0 Å². The Hall–Kier alpha value is -1.59. The molecular weight excluding hydrogens is 412 g/mol. The Balaban J connectivity index is 1.89. The third-order valence-corrected chi connectivity index (χ3v) is 8.24. The third kappa shape index (κ3) is 3.01. The van der Waals surface area contributed by atoms with Crippen molar-refractivity contribution in [1.82, 2.24) is 0 Å². The van der Waals surface area contributed by atoms with Gasteiger partial charge in [0.25, 0.3) is 0 Å². The van der Waals surface area contributed by atoms with E-state index in [0.717, 1.165) is 0 Å². The maximum atomic E-state index is 13.3. The van der Waals surface area contributed by atoms with Gasteiger partial charge in [-0.25, -0.2) is 8.42 Å². The van der Waals surface area contributed by atoms with Gasteiger partial charge in [0.1, 0.15) is 16.2 Å². The normalized spacial score (nSPS) is 16.2. The zero-order valence-electron chi connectivity index (χ0n) is 14.7. The van der Waals surface area contributed by atoms with E-state index in [9.17, 15) is 8.42 Å². The van der Waals surface area contributed by atoms with Crippen LogP contribution in [0.5, 0.6) is 0 Å². The molecule has 5 heteroatoms. The smallest absolute Gasteiger partial charge is 0.211 e. The second-order valence-electron chi connectivity index (χ2n) is 7.01. The average Bonchev–Trinajstić information content (AvgIpc) is 2.98. The molecule has 2 aromatic carbocycles. The minimum Gasteiger partial charge on any atom is -0.460 e. The summed E-state index contributed by atoms with van der Waals surface area (Å²) in [5, 5.41) is 0.696. The van der Waals surface area contributed by atoms with Crippen molar-refractivity contribution < 1.29 is 12.8 Å². The molecule has 1 aromatic heterocycles. The van der Waals surface area contributed by atoms with Crippen LogP contribution in [0.3, 0.4) is 0 Å². The Morgan fingerprint density at radius 1 is 1.04 bits per heavy atom. The SMILES string of the molecule is Cc1oc2ccc(C3CCCCC3)cc2c1S(=O)(=O)c1ccccc1Br. The van der Waals surface area contributed by atoms with Crippen LogP contribution >= 0.6 is 15.9 Å². The lowest BCUT2D eigenvalue weighted by molar-refractivity contribution is 0.444.